The van der Waals surface area contributed by atoms with Crippen molar-refractivity contribution in [1.82, 2.24) is 9.97 Å². The van der Waals surface area contributed by atoms with E-state index in [4.69, 9.17) is 4.74 Å². The van der Waals surface area contributed by atoms with Crippen LogP contribution >= 0.6 is 0 Å². The summed E-state index contributed by atoms with van der Waals surface area (Å²) in [5.41, 5.74) is 0.444. The molecule has 0 radical (unpaired) electrons. The number of fused-ring (bicyclic) bond motifs is 1. The van der Waals surface area contributed by atoms with Crippen LogP contribution in [0.5, 0.6) is 11.5 Å². The number of carbonyl (C=O) groups is 2. The molecule has 180 valence electrons. The molecule has 1 aliphatic heterocycles. The summed E-state index contributed by atoms with van der Waals surface area (Å²) in [6.45, 7) is 0. The molecule has 9 nitrogen and oxygen atoms in total. The summed E-state index contributed by atoms with van der Waals surface area (Å²) in [6.07, 6.45) is -0.205. The lowest BCUT2D eigenvalue weighted by atomic mass is 9.92. The maximum Gasteiger partial charge on any atom is 0.258 e. The van der Waals surface area contributed by atoms with E-state index in [9.17, 15) is 18.8 Å². The lowest BCUT2D eigenvalue weighted by Crippen LogP contribution is -2.36. The highest BCUT2D eigenvalue weighted by atomic mass is 19.1. The molecule has 2 amide bonds. The highest BCUT2D eigenvalue weighted by molar-refractivity contribution is 6.04. The Morgan fingerprint density at radius 1 is 0.917 bits per heavy atom. The van der Waals surface area contributed by atoms with Crippen LogP contribution in [0.25, 0.3) is 0 Å². The van der Waals surface area contributed by atoms with Crippen LogP contribution in [-0.2, 0) is 9.59 Å². The van der Waals surface area contributed by atoms with Crippen molar-refractivity contribution in [2.75, 3.05) is 16.0 Å². The number of para-hydroxylation sites is 1. The van der Waals surface area contributed by atoms with Gasteiger partial charge in [-0.3, -0.25) is 19.4 Å². The normalized spacial score (nSPS) is 14.4. The molecule has 1 atom stereocenters. The Kier molecular flexibility index (Phi) is 6.14. The molecule has 4 N–H and O–H groups in total. The predicted molar refractivity (Wildman–Crippen MR) is 132 cm³/mol. The molecule has 2 heterocycles. The van der Waals surface area contributed by atoms with E-state index >= 15 is 0 Å². The second-order valence-electron chi connectivity index (χ2n) is 8.04. The number of aromatic amines is 1. The lowest BCUT2D eigenvalue weighted by molar-refractivity contribution is -0.123. The van der Waals surface area contributed by atoms with E-state index in [2.05, 4.69) is 25.9 Å². The SMILES string of the molecule is O=C1CC(C(=O)Nc2ccc(Oc3ccccc3)cc2)c2c(nc(Nc3ccc(F)cc3)[nH]c2=O)N1. The predicted octanol–water partition coefficient (Wildman–Crippen LogP) is 4.51. The van der Waals surface area contributed by atoms with Crippen LogP contribution in [0.2, 0.25) is 0 Å². The molecule has 0 aliphatic carbocycles. The van der Waals surface area contributed by atoms with E-state index in [1.165, 1.54) is 24.3 Å². The minimum absolute atomic E-state index is 0.00799. The summed E-state index contributed by atoms with van der Waals surface area (Å²) in [5, 5.41) is 8.14. The fraction of sp³-hybridized carbons (Fsp3) is 0.0769. The van der Waals surface area contributed by atoms with Crippen molar-refractivity contribution in [3.63, 3.8) is 0 Å². The quantitative estimate of drug-likeness (QED) is 0.319. The largest absolute Gasteiger partial charge is 0.457 e. The second kappa shape index (κ2) is 9.71. The zero-order valence-electron chi connectivity index (χ0n) is 18.7. The Morgan fingerprint density at radius 3 is 2.31 bits per heavy atom. The van der Waals surface area contributed by atoms with Gasteiger partial charge in [0.25, 0.3) is 5.56 Å². The minimum Gasteiger partial charge on any atom is -0.457 e. The molecule has 1 aromatic heterocycles. The maximum absolute atomic E-state index is 13.1. The fourth-order valence-corrected chi connectivity index (χ4v) is 3.78. The Labute approximate surface area is 204 Å². The van der Waals surface area contributed by atoms with Gasteiger partial charge in [-0.25, -0.2) is 4.39 Å². The number of benzene rings is 3. The molecule has 10 heteroatoms. The summed E-state index contributed by atoms with van der Waals surface area (Å²) in [6, 6.07) is 21.4. The third-order valence-electron chi connectivity index (χ3n) is 5.48. The number of nitrogens with zero attached hydrogens (tertiary/aromatic N) is 1. The first-order valence-corrected chi connectivity index (χ1v) is 11.0. The van der Waals surface area contributed by atoms with E-state index in [-0.39, 0.29) is 23.8 Å². The number of ether oxygens (including phenoxy) is 1. The van der Waals surface area contributed by atoms with Crippen molar-refractivity contribution in [1.29, 1.82) is 0 Å². The molecule has 0 saturated heterocycles. The minimum atomic E-state index is -1.04. The molecule has 0 fully saturated rings. The zero-order valence-corrected chi connectivity index (χ0v) is 18.7. The van der Waals surface area contributed by atoms with Crippen LogP contribution in [0.4, 0.5) is 27.5 Å². The van der Waals surface area contributed by atoms with E-state index < -0.39 is 29.1 Å². The third-order valence-corrected chi connectivity index (χ3v) is 5.48. The molecule has 0 saturated carbocycles. The molecular weight excluding hydrogens is 465 g/mol. The number of rotatable bonds is 6. The first kappa shape index (κ1) is 22.8. The summed E-state index contributed by atoms with van der Waals surface area (Å²) in [5.74, 6) is -1.11. The van der Waals surface area contributed by atoms with Crippen LogP contribution in [0.15, 0.2) is 83.7 Å². The average Bonchev–Trinajstić information content (AvgIpc) is 2.86. The summed E-state index contributed by atoms with van der Waals surface area (Å²) < 4.78 is 18.9. The fourth-order valence-electron chi connectivity index (χ4n) is 3.78. The van der Waals surface area contributed by atoms with E-state index in [1.54, 1.807) is 24.3 Å². The highest BCUT2D eigenvalue weighted by Gasteiger charge is 2.34. The van der Waals surface area contributed by atoms with Crippen molar-refractivity contribution >= 4 is 35.0 Å². The van der Waals surface area contributed by atoms with Gasteiger partial charge in [0.15, 0.2) is 0 Å². The molecule has 1 unspecified atom stereocenters. The highest BCUT2D eigenvalue weighted by Crippen LogP contribution is 2.30. The van der Waals surface area contributed by atoms with Crippen molar-refractivity contribution in [2.24, 2.45) is 0 Å². The topological polar surface area (TPSA) is 125 Å². The Morgan fingerprint density at radius 2 is 1.58 bits per heavy atom. The van der Waals surface area contributed by atoms with Gasteiger partial charge in [0.2, 0.25) is 17.8 Å². The smallest absolute Gasteiger partial charge is 0.258 e. The Balaban J connectivity index is 1.33. The number of aromatic nitrogens is 2. The molecule has 0 spiro atoms. The molecule has 3 aromatic carbocycles. The molecule has 1 aliphatic rings. The number of amides is 2. The van der Waals surface area contributed by atoms with Crippen LogP contribution < -0.4 is 26.2 Å². The third kappa shape index (κ3) is 5.07. The Hall–Kier alpha value is -4.99. The number of hydrogen-bond donors (Lipinski definition) is 4. The molecule has 0 bridgehead atoms. The number of hydrogen-bond acceptors (Lipinski definition) is 6. The van der Waals surface area contributed by atoms with Crippen molar-refractivity contribution < 1.29 is 18.7 Å². The number of carbonyl (C=O) groups excluding carboxylic acids is 2. The summed E-state index contributed by atoms with van der Waals surface area (Å²) >= 11 is 0. The number of H-pyrrole nitrogens is 1. The first-order chi connectivity index (χ1) is 17.4. The van der Waals surface area contributed by atoms with Gasteiger partial charge < -0.3 is 20.7 Å². The van der Waals surface area contributed by atoms with Crippen molar-refractivity contribution in [3.05, 3.63) is 101 Å². The molecule has 5 rings (SSSR count). The average molecular weight is 485 g/mol. The van der Waals surface area contributed by atoms with Gasteiger partial charge in [0.1, 0.15) is 23.1 Å². The number of anilines is 4. The maximum atomic E-state index is 13.1. The van der Waals surface area contributed by atoms with Gasteiger partial charge >= 0.3 is 0 Å². The van der Waals surface area contributed by atoms with E-state index in [0.717, 1.165) is 0 Å². The van der Waals surface area contributed by atoms with Crippen LogP contribution in [-0.4, -0.2) is 21.8 Å². The number of nitrogens with one attached hydrogen (secondary N) is 4. The van der Waals surface area contributed by atoms with Gasteiger partial charge in [-0.1, -0.05) is 18.2 Å². The monoisotopic (exact) mass is 485 g/mol. The standard InChI is InChI=1S/C26H20FN5O4/c27-15-6-8-17(9-7-15)29-26-31-23-22(25(35)32-26)20(14-21(33)30-23)24(34)28-16-10-12-19(13-11-16)36-18-4-2-1-3-5-18/h1-13,20H,14H2,(H,28,34)(H3,29,30,31,32,33,35). The van der Waals surface area contributed by atoms with E-state index in [1.807, 2.05) is 30.3 Å². The van der Waals surface area contributed by atoms with Gasteiger partial charge in [0.05, 0.1) is 11.5 Å². The molecular formula is C26H20FN5O4. The van der Waals surface area contributed by atoms with E-state index in [0.29, 0.717) is 22.9 Å². The van der Waals surface area contributed by atoms with Gasteiger partial charge in [-0.05, 0) is 60.7 Å². The van der Waals surface area contributed by atoms with Gasteiger partial charge in [0, 0.05) is 17.8 Å². The zero-order chi connectivity index (χ0) is 25.1. The van der Waals surface area contributed by atoms with Crippen molar-refractivity contribution in [3.8, 4) is 11.5 Å². The van der Waals surface area contributed by atoms with Crippen molar-refractivity contribution in [2.45, 2.75) is 12.3 Å². The summed E-state index contributed by atoms with van der Waals surface area (Å²) in [4.78, 5) is 45.1. The summed E-state index contributed by atoms with van der Waals surface area (Å²) in [7, 11) is 0. The van der Waals surface area contributed by atoms with Gasteiger partial charge in [-0.2, -0.15) is 4.98 Å². The number of halogens is 1. The lowest BCUT2D eigenvalue weighted by Gasteiger charge is -2.23. The van der Waals surface area contributed by atoms with Crippen LogP contribution in [0.1, 0.15) is 17.9 Å². The second-order valence-corrected chi connectivity index (χ2v) is 8.04. The van der Waals surface area contributed by atoms with Crippen LogP contribution in [0, 0.1) is 5.82 Å². The van der Waals surface area contributed by atoms with Gasteiger partial charge in [-0.15, -0.1) is 0 Å². The first-order valence-electron chi connectivity index (χ1n) is 11.0. The molecule has 36 heavy (non-hydrogen) atoms. The molecule has 4 aromatic rings. The van der Waals surface area contributed by atoms with Crippen LogP contribution in [0.3, 0.4) is 0 Å². The Bertz CT molecular complexity index is 1470.